The fraction of sp³-hybridized carbons (Fsp3) is 0.160. The highest BCUT2D eigenvalue weighted by Crippen LogP contribution is 2.30. The summed E-state index contributed by atoms with van der Waals surface area (Å²) < 4.78 is 0. The van der Waals surface area contributed by atoms with E-state index in [1.807, 2.05) is 73.8 Å². The summed E-state index contributed by atoms with van der Waals surface area (Å²) in [4.78, 5) is 26.8. The smallest absolute Gasteiger partial charge is 0.326 e. The van der Waals surface area contributed by atoms with Crippen LogP contribution < -0.4 is 5.32 Å². The van der Waals surface area contributed by atoms with E-state index in [4.69, 9.17) is 9.97 Å². The highest BCUT2D eigenvalue weighted by atomic mass is 32.1. The number of nitrogens with one attached hydrogen (secondary N) is 2. The molecule has 0 amide bonds. The van der Waals surface area contributed by atoms with Gasteiger partial charge in [-0.3, -0.25) is 0 Å². The lowest BCUT2D eigenvalue weighted by atomic mass is 10.0. The average Bonchev–Trinajstić information content (AvgIpc) is 3.37. The SMILES string of the molecule is Cc1cc2c(NC(Cc3c[nH]c4ccccc34)C(=O)O)nc(Cc3ccccc3)nc2s1. The number of anilines is 1. The number of thiophene rings is 1. The summed E-state index contributed by atoms with van der Waals surface area (Å²) in [5, 5.41) is 15.1. The third kappa shape index (κ3) is 4.07. The molecule has 0 radical (unpaired) electrons. The first kappa shape index (κ1) is 20.2. The fourth-order valence-electron chi connectivity index (χ4n) is 3.94. The van der Waals surface area contributed by atoms with Crippen molar-refractivity contribution in [2.75, 3.05) is 5.32 Å². The highest BCUT2D eigenvalue weighted by Gasteiger charge is 2.22. The topological polar surface area (TPSA) is 90.9 Å². The molecule has 160 valence electrons. The maximum absolute atomic E-state index is 12.2. The van der Waals surface area contributed by atoms with E-state index in [2.05, 4.69) is 10.3 Å². The molecule has 32 heavy (non-hydrogen) atoms. The van der Waals surface area contributed by atoms with Gasteiger partial charge in [-0.2, -0.15) is 0 Å². The van der Waals surface area contributed by atoms with E-state index in [9.17, 15) is 9.90 Å². The van der Waals surface area contributed by atoms with Crippen molar-refractivity contribution in [3.05, 3.63) is 88.7 Å². The van der Waals surface area contributed by atoms with Crippen molar-refractivity contribution < 1.29 is 9.90 Å². The molecule has 2 aromatic carbocycles. The molecule has 0 saturated carbocycles. The van der Waals surface area contributed by atoms with Gasteiger partial charge in [-0.25, -0.2) is 14.8 Å². The van der Waals surface area contributed by atoms with Crippen LogP contribution in [0, 0.1) is 6.92 Å². The Labute approximate surface area is 189 Å². The van der Waals surface area contributed by atoms with Gasteiger partial charge in [-0.15, -0.1) is 11.3 Å². The minimum Gasteiger partial charge on any atom is -0.480 e. The molecule has 0 aliphatic rings. The number of hydrogen-bond acceptors (Lipinski definition) is 5. The van der Waals surface area contributed by atoms with E-state index >= 15 is 0 Å². The van der Waals surface area contributed by atoms with Crippen LogP contribution in [0.1, 0.15) is 21.8 Å². The Morgan fingerprint density at radius 2 is 1.88 bits per heavy atom. The van der Waals surface area contributed by atoms with E-state index in [0.717, 1.165) is 37.1 Å². The van der Waals surface area contributed by atoms with E-state index in [0.29, 0.717) is 24.5 Å². The third-order valence-corrected chi connectivity index (χ3v) is 6.42. The van der Waals surface area contributed by atoms with Crippen molar-refractivity contribution in [2.45, 2.75) is 25.8 Å². The van der Waals surface area contributed by atoms with Crippen LogP contribution in [-0.2, 0) is 17.6 Å². The molecule has 7 heteroatoms. The van der Waals surface area contributed by atoms with Gasteiger partial charge in [-0.1, -0.05) is 48.5 Å². The summed E-state index contributed by atoms with van der Waals surface area (Å²) in [7, 11) is 0. The quantitative estimate of drug-likeness (QED) is 0.323. The Kier molecular flexibility index (Phi) is 5.33. The number of para-hydroxylation sites is 1. The van der Waals surface area contributed by atoms with E-state index in [-0.39, 0.29) is 0 Å². The van der Waals surface area contributed by atoms with Crippen LogP contribution in [0.3, 0.4) is 0 Å². The number of fused-ring (bicyclic) bond motifs is 2. The largest absolute Gasteiger partial charge is 0.480 e. The highest BCUT2D eigenvalue weighted by molar-refractivity contribution is 7.18. The number of benzene rings is 2. The first-order valence-corrected chi connectivity index (χ1v) is 11.2. The Morgan fingerprint density at radius 3 is 2.69 bits per heavy atom. The molecule has 5 aromatic rings. The Bertz CT molecular complexity index is 1410. The Balaban J connectivity index is 1.49. The lowest BCUT2D eigenvalue weighted by molar-refractivity contribution is -0.137. The number of aliphatic carboxylic acids is 1. The van der Waals surface area contributed by atoms with Gasteiger partial charge in [-0.05, 0) is 30.2 Å². The fourth-order valence-corrected chi connectivity index (χ4v) is 4.84. The second-order valence-electron chi connectivity index (χ2n) is 7.83. The maximum atomic E-state index is 12.2. The number of rotatable bonds is 7. The van der Waals surface area contributed by atoms with Crippen LogP contribution in [0.5, 0.6) is 0 Å². The molecule has 1 unspecified atom stereocenters. The normalized spacial score (nSPS) is 12.3. The number of carbonyl (C=O) groups is 1. The Hall–Kier alpha value is -3.71. The predicted molar refractivity (Wildman–Crippen MR) is 128 cm³/mol. The van der Waals surface area contributed by atoms with Crippen LogP contribution in [-0.4, -0.2) is 32.1 Å². The zero-order chi connectivity index (χ0) is 22.1. The van der Waals surface area contributed by atoms with Crippen molar-refractivity contribution >= 4 is 44.2 Å². The second-order valence-corrected chi connectivity index (χ2v) is 9.06. The van der Waals surface area contributed by atoms with Crippen LogP contribution in [0.25, 0.3) is 21.1 Å². The number of aromatic nitrogens is 3. The molecular weight excluding hydrogens is 420 g/mol. The lowest BCUT2D eigenvalue weighted by Gasteiger charge is -2.16. The summed E-state index contributed by atoms with van der Waals surface area (Å²) >= 11 is 1.59. The maximum Gasteiger partial charge on any atom is 0.326 e. The first-order chi connectivity index (χ1) is 15.6. The summed E-state index contributed by atoms with van der Waals surface area (Å²) in [6.45, 7) is 2.02. The van der Waals surface area contributed by atoms with Gasteiger partial charge in [0.1, 0.15) is 22.5 Å². The van der Waals surface area contributed by atoms with Crippen LogP contribution >= 0.6 is 11.3 Å². The molecule has 0 bridgehead atoms. The van der Waals surface area contributed by atoms with Crippen molar-refractivity contribution in [1.82, 2.24) is 15.0 Å². The monoisotopic (exact) mass is 442 g/mol. The predicted octanol–water partition coefficient (Wildman–Crippen LogP) is 5.18. The number of aryl methyl sites for hydroxylation is 1. The standard InChI is InChI=1S/C25H22N4O2S/c1-15-11-19-23(28-22(29-24(19)32-15)12-16-7-3-2-4-8-16)27-21(25(30)31)13-17-14-26-20-10-6-5-9-18(17)20/h2-11,14,21,26H,12-13H2,1H3,(H,30,31)(H,27,28,29). The van der Waals surface area contributed by atoms with Gasteiger partial charge in [0, 0.05) is 34.8 Å². The molecule has 3 heterocycles. The average molecular weight is 443 g/mol. The van der Waals surface area contributed by atoms with Gasteiger partial charge in [0.15, 0.2) is 0 Å². The molecule has 5 rings (SSSR count). The summed E-state index contributed by atoms with van der Waals surface area (Å²) in [5.41, 5.74) is 3.06. The number of carboxylic acid groups (broad SMARTS) is 1. The van der Waals surface area contributed by atoms with Crippen LogP contribution in [0.4, 0.5) is 5.82 Å². The third-order valence-electron chi connectivity index (χ3n) is 5.48. The molecule has 3 aromatic heterocycles. The number of aromatic amines is 1. The molecule has 0 fully saturated rings. The van der Waals surface area contributed by atoms with Gasteiger partial charge in [0.25, 0.3) is 0 Å². The van der Waals surface area contributed by atoms with Crippen molar-refractivity contribution in [2.24, 2.45) is 0 Å². The molecule has 1 atom stereocenters. The van der Waals surface area contributed by atoms with Gasteiger partial charge in [0.2, 0.25) is 0 Å². The van der Waals surface area contributed by atoms with Crippen LogP contribution in [0.2, 0.25) is 0 Å². The molecule has 3 N–H and O–H groups in total. The lowest BCUT2D eigenvalue weighted by Crippen LogP contribution is -2.32. The summed E-state index contributed by atoms with van der Waals surface area (Å²) in [5.74, 6) is 0.320. The summed E-state index contributed by atoms with van der Waals surface area (Å²) in [6, 6.07) is 19.1. The number of H-pyrrole nitrogens is 1. The molecule has 0 aliphatic carbocycles. The van der Waals surface area contributed by atoms with Gasteiger partial charge < -0.3 is 15.4 Å². The molecule has 6 nitrogen and oxygen atoms in total. The molecule has 0 spiro atoms. The molecule has 0 aliphatic heterocycles. The second kappa shape index (κ2) is 8.43. The van der Waals surface area contributed by atoms with E-state index < -0.39 is 12.0 Å². The van der Waals surface area contributed by atoms with Crippen molar-refractivity contribution in [3.8, 4) is 0 Å². The molecular formula is C25H22N4O2S. The number of hydrogen-bond donors (Lipinski definition) is 3. The Morgan fingerprint density at radius 1 is 1.09 bits per heavy atom. The molecule has 0 saturated heterocycles. The van der Waals surface area contributed by atoms with Gasteiger partial charge >= 0.3 is 5.97 Å². The number of carboxylic acids is 1. The summed E-state index contributed by atoms with van der Waals surface area (Å²) in [6.07, 6.45) is 2.80. The van der Waals surface area contributed by atoms with Crippen molar-refractivity contribution in [1.29, 1.82) is 0 Å². The minimum atomic E-state index is -0.918. The van der Waals surface area contributed by atoms with Crippen molar-refractivity contribution in [3.63, 3.8) is 0 Å². The minimum absolute atomic E-state index is 0.335. The van der Waals surface area contributed by atoms with E-state index in [1.165, 1.54) is 0 Å². The zero-order valence-electron chi connectivity index (χ0n) is 17.5. The number of nitrogens with zero attached hydrogens (tertiary/aromatic N) is 2. The van der Waals surface area contributed by atoms with Gasteiger partial charge in [0.05, 0.1) is 5.39 Å². The van der Waals surface area contributed by atoms with E-state index in [1.54, 1.807) is 11.3 Å². The zero-order valence-corrected chi connectivity index (χ0v) is 18.3. The first-order valence-electron chi connectivity index (χ1n) is 10.4. The van der Waals surface area contributed by atoms with Crippen LogP contribution in [0.15, 0.2) is 66.9 Å².